The Labute approximate surface area is 145 Å². The van der Waals surface area contributed by atoms with Gasteiger partial charge in [-0.3, -0.25) is 19.0 Å². The number of carbonyl (C=O) groups is 2. The lowest BCUT2D eigenvalue weighted by Gasteiger charge is -2.19. The van der Waals surface area contributed by atoms with Crippen molar-refractivity contribution in [2.45, 2.75) is 19.8 Å². The maximum absolute atomic E-state index is 12.4. The van der Waals surface area contributed by atoms with Crippen LogP contribution in [0, 0.1) is 6.92 Å². The van der Waals surface area contributed by atoms with Gasteiger partial charge in [-0.25, -0.2) is 4.98 Å². The van der Waals surface area contributed by atoms with E-state index in [4.69, 9.17) is 0 Å². The molecule has 3 rings (SSSR count). The Bertz CT molecular complexity index is 874. The molecule has 2 amide bonds. The van der Waals surface area contributed by atoms with E-state index in [9.17, 15) is 14.4 Å². The Morgan fingerprint density at radius 1 is 1.12 bits per heavy atom. The van der Waals surface area contributed by atoms with Crippen molar-refractivity contribution in [3.63, 3.8) is 0 Å². The van der Waals surface area contributed by atoms with E-state index in [1.807, 2.05) is 6.07 Å². The normalized spacial score (nSPS) is 13.8. The van der Waals surface area contributed by atoms with Crippen molar-refractivity contribution in [1.82, 2.24) is 14.5 Å². The summed E-state index contributed by atoms with van der Waals surface area (Å²) in [5, 5.41) is 2.60. The second-order valence-corrected chi connectivity index (χ2v) is 6.06. The Morgan fingerprint density at radius 3 is 2.52 bits per heavy atom. The number of anilines is 1. The van der Waals surface area contributed by atoms with Gasteiger partial charge in [-0.05, 0) is 25.5 Å². The van der Waals surface area contributed by atoms with Crippen LogP contribution < -0.4 is 10.9 Å². The summed E-state index contributed by atoms with van der Waals surface area (Å²) in [5.41, 5.74) is 1.85. The molecule has 0 radical (unpaired) electrons. The maximum atomic E-state index is 12.4. The molecule has 0 unspecified atom stereocenters. The Balaban J connectivity index is 1.73. The molecular formula is C18H20N4O3. The highest BCUT2D eigenvalue weighted by Crippen LogP contribution is 2.12. The van der Waals surface area contributed by atoms with E-state index in [1.165, 1.54) is 9.47 Å². The van der Waals surface area contributed by atoms with Crippen molar-refractivity contribution >= 4 is 17.5 Å². The van der Waals surface area contributed by atoms with E-state index >= 15 is 0 Å². The molecule has 1 N–H and O–H groups in total. The Morgan fingerprint density at radius 2 is 1.80 bits per heavy atom. The molecule has 7 nitrogen and oxygen atoms in total. The van der Waals surface area contributed by atoms with E-state index in [1.54, 1.807) is 38.2 Å². The summed E-state index contributed by atoms with van der Waals surface area (Å²) in [6, 6.07) is 8.84. The monoisotopic (exact) mass is 340 g/mol. The van der Waals surface area contributed by atoms with Crippen LogP contribution in [0.25, 0.3) is 0 Å². The van der Waals surface area contributed by atoms with Crippen molar-refractivity contribution in [3.8, 4) is 0 Å². The number of nitrogens with zero attached hydrogens (tertiary/aromatic N) is 3. The fraction of sp³-hybridized carbons (Fsp3) is 0.333. The molecule has 1 aliphatic heterocycles. The van der Waals surface area contributed by atoms with Crippen LogP contribution in [0.3, 0.4) is 0 Å². The molecule has 0 saturated carbocycles. The quantitative estimate of drug-likeness (QED) is 0.773. The minimum absolute atomic E-state index is 0.0782. The molecular weight excluding hydrogens is 320 g/mol. The summed E-state index contributed by atoms with van der Waals surface area (Å²) in [7, 11) is 1.69. The summed E-state index contributed by atoms with van der Waals surface area (Å²) in [6.07, 6.45) is 0.871. The van der Waals surface area contributed by atoms with Gasteiger partial charge in [-0.1, -0.05) is 18.2 Å². The van der Waals surface area contributed by atoms with Gasteiger partial charge in [0.05, 0.1) is 5.69 Å². The molecule has 1 aliphatic rings. The van der Waals surface area contributed by atoms with Gasteiger partial charge < -0.3 is 10.2 Å². The highest BCUT2D eigenvalue weighted by atomic mass is 16.2. The third-order valence-corrected chi connectivity index (χ3v) is 4.46. The molecule has 130 valence electrons. The summed E-state index contributed by atoms with van der Waals surface area (Å²) < 4.78 is 1.51. The molecule has 25 heavy (non-hydrogen) atoms. The van der Waals surface area contributed by atoms with Crippen molar-refractivity contribution in [3.05, 3.63) is 57.8 Å². The fourth-order valence-corrected chi connectivity index (χ4v) is 2.92. The first-order valence-electron chi connectivity index (χ1n) is 8.18. The topological polar surface area (TPSA) is 84.3 Å². The van der Waals surface area contributed by atoms with Crippen molar-refractivity contribution in [1.29, 1.82) is 0 Å². The van der Waals surface area contributed by atoms with Gasteiger partial charge in [0.25, 0.3) is 5.56 Å². The first kappa shape index (κ1) is 16.9. The summed E-state index contributed by atoms with van der Waals surface area (Å²) >= 11 is 0. The number of carbonyl (C=O) groups excluding carboxylic acids is 2. The Kier molecular flexibility index (Phi) is 4.65. The summed E-state index contributed by atoms with van der Waals surface area (Å²) in [5.74, 6) is -0.621. The number of benzene rings is 1. The van der Waals surface area contributed by atoms with Gasteiger partial charge in [0.15, 0.2) is 0 Å². The van der Waals surface area contributed by atoms with Gasteiger partial charge >= 0.3 is 11.8 Å². The van der Waals surface area contributed by atoms with Crippen LogP contribution in [-0.2, 0) is 29.5 Å². The van der Waals surface area contributed by atoms with Crippen LogP contribution in [0.5, 0.6) is 0 Å². The number of hydrogen-bond acceptors (Lipinski definition) is 4. The number of fused-ring (bicyclic) bond motifs is 1. The second kappa shape index (κ2) is 6.88. The molecule has 7 heteroatoms. The molecule has 1 aromatic carbocycles. The fourth-order valence-electron chi connectivity index (χ4n) is 2.92. The van der Waals surface area contributed by atoms with Gasteiger partial charge in [0, 0.05) is 37.8 Å². The zero-order chi connectivity index (χ0) is 18.0. The minimum atomic E-state index is -0.672. The van der Waals surface area contributed by atoms with E-state index in [2.05, 4.69) is 10.3 Å². The minimum Gasteiger partial charge on any atom is -0.334 e. The van der Waals surface area contributed by atoms with Crippen molar-refractivity contribution in [2.24, 2.45) is 7.05 Å². The van der Waals surface area contributed by atoms with Gasteiger partial charge in [-0.2, -0.15) is 0 Å². The maximum Gasteiger partial charge on any atom is 0.313 e. The number of aromatic nitrogens is 2. The summed E-state index contributed by atoms with van der Waals surface area (Å²) in [6.45, 7) is 2.48. The molecule has 0 bridgehead atoms. The lowest BCUT2D eigenvalue weighted by Crippen LogP contribution is -2.41. The van der Waals surface area contributed by atoms with Crippen molar-refractivity contribution in [2.75, 3.05) is 18.4 Å². The van der Waals surface area contributed by atoms with E-state index in [0.717, 1.165) is 5.69 Å². The van der Waals surface area contributed by atoms with Crippen LogP contribution in [0.2, 0.25) is 0 Å². The SMILES string of the molecule is Cc1nc2c(c(=O)n1C)CCN(C(=O)C(=O)Nc1ccccc1)CC2. The number of aryl methyl sites for hydroxylation is 1. The molecule has 0 spiro atoms. The lowest BCUT2D eigenvalue weighted by atomic mass is 10.1. The van der Waals surface area contributed by atoms with Crippen LogP contribution >= 0.6 is 0 Å². The highest BCUT2D eigenvalue weighted by Gasteiger charge is 2.26. The van der Waals surface area contributed by atoms with Gasteiger partial charge in [0.1, 0.15) is 5.82 Å². The predicted molar refractivity (Wildman–Crippen MR) is 93.3 cm³/mol. The molecule has 0 fully saturated rings. The number of amides is 2. The zero-order valence-corrected chi connectivity index (χ0v) is 14.3. The molecule has 2 heterocycles. The average Bonchev–Trinajstić information content (AvgIpc) is 2.82. The van der Waals surface area contributed by atoms with Gasteiger partial charge in [-0.15, -0.1) is 0 Å². The largest absolute Gasteiger partial charge is 0.334 e. The first-order chi connectivity index (χ1) is 12.0. The van der Waals surface area contributed by atoms with E-state index < -0.39 is 11.8 Å². The van der Waals surface area contributed by atoms with Crippen molar-refractivity contribution < 1.29 is 9.59 Å². The molecule has 0 saturated heterocycles. The Hall–Kier alpha value is -2.96. The van der Waals surface area contributed by atoms with Gasteiger partial charge in [0.2, 0.25) is 0 Å². The molecule has 0 aliphatic carbocycles. The van der Waals surface area contributed by atoms with Crippen LogP contribution in [-0.4, -0.2) is 39.4 Å². The smallest absolute Gasteiger partial charge is 0.313 e. The average molecular weight is 340 g/mol. The number of para-hydroxylation sites is 1. The van der Waals surface area contributed by atoms with Crippen LogP contribution in [0.15, 0.2) is 35.1 Å². The highest BCUT2D eigenvalue weighted by molar-refractivity contribution is 6.39. The molecule has 1 aromatic heterocycles. The molecule has 0 atom stereocenters. The first-order valence-corrected chi connectivity index (χ1v) is 8.18. The van der Waals surface area contributed by atoms with E-state index in [0.29, 0.717) is 43.0 Å². The third-order valence-electron chi connectivity index (χ3n) is 4.46. The van der Waals surface area contributed by atoms with E-state index in [-0.39, 0.29) is 5.56 Å². The van der Waals surface area contributed by atoms with Crippen LogP contribution in [0.4, 0.5) is 5.69 Å². The standard InChI is InChI=1S/C18H20N4O3/c1-12-19-15-9-11-22(10-8-14(15)17(24)21(12)2)18(25)16(23)20-13-6-4-3-5-7-13/h3-7H,8-11H2,1-2H3,(H,20,23). The van der Waals surface area contributed by atoms with Crippen LogP contribution in [0.1, 0.15) is 17.1 Å². The number of nitrogens with one attached hydrogen (secondary N) is 1. The predicted octanol–water partition coefficient (Wildman–Crippen LogP) is 0.655. The molecule has 2 aromatic rings. The number of hydrogen-bond donors (Lipinski definition) is 1. The lowest BCUT2D eigenvalue weighted by molar-refractivity contribution is -0.143. The summed E-state index contributed by atoms with van der Waals surface area (Å²) in [4.78, 5) is 42.9. The third kappa shape index (κ3) is 3.45. The second-order valence-electron chi connectivity index (χ2n) is 6.06. The zero-order valence-electron chi connectivity index (χ0n) is 14.3. The number of rotatable bonds is 1.